The van der Waals surface area contributed by atoms with Crippen molar-refractivity contribution in [1.82, 2.24) is 24.6 Å². The van der Waals surface area contributed by atoms with Crippen molar-refractivity contribution < 1.29 is 14.3 Å². The third-order valence-electron chi connectivity index (χ3n) is 5.36. The van der Waals surface area contributed by atoms with Crippen LogP contribution in [-0.4, -0.2) is 54.7 Å². The number of nitrogens with one attached hydrogen (secondary N) is 1. The number of amides is 1. The zero-order chi connectivity index (χ0) is 23.9. The average Bonchev–Trinajstić information content (AvgIpc) is 3.35. The Labute approximate surface area is 196 Å². The number of thiophene rings is 1. The lowest BCUT2D eigenvalue weighted by atomic mass is 10.1. The molecule has 4 heterocycles. The van der Waals surface area contributed by atoms with Gasteiger partial charge < -0.3 is 15.0 Å². The highest BCUT2D eigenvalue weighted by Gasteiger charge is 2.35. The number of aryl methyl sites for hydroxylation is 2. The molecule has 0 saturated heterocycles. The van der Waals surface area contributed by atoms with Crippen molar-refractivity contribution in [3.63, 3.8) is 0 Å². The molecule has 1 unspecified atom stereocenters. The first kappa shape index (κ1) is 22.9. The van der Waals surface area contributed by atoms with Crippen molar-refractivity contribution in [2.75, 3.05) is 11.9 Å². The monoisotopic (exact) mass is 468 g/mol. The second-order valence-electron chi connectivity index (χ2n) is 9.10. The summed E-state index contributed by atoms with van der Waals surface area (Å²) in [6, 6.07) is 3.06. The highest BCUT2D eigenvalue weighted by Crippen LogP contribution is 2.36. The van der Waals surface area contributed by atoms with Crippen molar-refractivity contribution in [2.24, 2.45) is 7.05 Å². The van der Waals surface area contributed by atoms with Crippen LogP contribution in [0.5, 0.6) is 0 Å². The molecule has 10 heteroatoms. The van der Waals surface area contributed by atoms with Crippen LogP contribution in [-0.2, 0) is 23.0 Å². The van der Waals surface area contributed by atoms with E-state index in [9.17, 15) is 9.59 Å². The van der Waals surface area contributed by atoms with Crippen LogP contribution >= 0.6 is 11.3 Å². The number of hydrogen-bond donors (Lipinski definition) is 1. The fraction of sp³-hybridized carbons (Fsp3) is 0.435. The summed E-state index contributed by atoms with van der Waals surface area (Å²) in [7, 11) is 1.83. The van der Waals surface area contributed by atoms with Gasteiger partial charge in [0.1, 0.15) is 17.5 Å². The molecular formula is C23H28N6O3S. The molecular weight excluding hydrogens is 440 g/mol. The van der Waals surface area contributed by atoms with Crippen molar-refractivity contribution in [1.29, 1.82) is 0 Å². The van der Waals surface area contributed by atoms with E-state index in [2.05, 4.69) is 15.4 Å². The summed E-state index contributed by atoms with van der Waals surface area (Å²) in [5.74, 6) is 0.679. The molecule has 174 valence electrons. The van der Waals surface area contributed by atoms with E-state index in [1.807, 2.05) is 46.9 Å². The molecule has 0 fully saturated rings. The highest BCUT2D eigenvalue weighted by atomic mass is 32.1. The molecule has 0 radical (unpaired) electrons. The van der Waals surface area contributed by atoms with Gasteiger partial charge in [0.2, 0.25) is 5.95 Å². The number of fused-ring (bicyclic) bond motifs is 1. The minimum Gasteiger partial charge on any atom is -0.458 e. The minimum atomic E-state index is -0.649. The minimum absolute atomic E-state index is 0.156. The van der Waals surface area contributed by atoms with E-state index in [1.54, 1.807) is 40.2 Å². The molecule has 9 nitrogen and oxygen atoms in total. The van der Waals surface area contributed by atoms with Crippen molar-refractivity contribution in [2.45, 2.75) is 52.7 Å². The molecule has 0 aliphatic carbocycles. The van der Waals surface area contributed by atoms with Gasteiger partial charge in [-0.15, -0.1) is 11.3 Å². The number of anilines is 2. The number of ether oxygens (including phenoxy) is 1. The van der Waals surface area contributed by atoms with Gasteiger partial charge in [0.05, 0.1) is 22.3 Å². The lowest BCUT2D eigenvalue weighted by Gasteiger charge is -2.32. The summed E-state index contributed by atoms with van der Waals surface area (Å²) in [5, 5.41) is 7.31. The van der Waals surface area contributed by atoms with E-state index in [-0.39, 0.29) is 5.91 Å². The number of esters is 1. The highest BCUT2D eigenvalue weighted by molar-refractivity contribution is 7.15. The Balaban J connectivity index is 1.59. The van der Waals surface area contributed by atoms with Crippen LogP contribution in [0.3, 0.4) is 0 Å². The first-order chi connectivity index (χ1) is 15.5. The third-order valence-corrected chi connectivity index (χ3v) is 6.56. The maximum Gasteiger partial charge on any atom is 0.329 e. The van der Waals surface area contributed by atoms with E-state index in [0.29, 0.717) is 24.5 Å². The lowest BCUT2D eigenvalue weighted by molar-refractivity contribution is -0.159. The molecule has 1 aliphatic heterocycles. The van der Waals surface area contributed by atoms with Gasteiger partial charge in [0.25, 0.3) is 5.91 Å². The summed E-state index contributed by atoms with van der Waals surface area (Å²) < 4.78 is 7.18. The Hall–Kier alpha value is -3.27. The van der Waals surface area contributed by atoms with E-state index in [4.69, 9.17) is 9.72 Å². The molecule has 1 N–H and O–H groups in total. The number of rotatable bonds is 5. The summed E-state index contributed by atoms with van der Waals surface area (Å²) in [4.78, 5) is 38.3. The molecule has 4 rings (SSSR count). The van der Waals surface area contributed by atoms with Gasteiger partial charge >= 0.3 is 5.97 Å². The maximum absolute atomic E-state index is 13.2. The quantitative estimate of drug-likeness (QED) is 0.569. The Morgan fingerprint density at radius 3 is 2.76 bits per heavy atom. The van der Waals surface area contributed by atoms with E-state index >= 15 is 0 Å². The van der Waals surface area contributed by atoms with Gasteiger partial charge in [-0.2, -0.15) is 5.10 Å². The molecule has 1 atom stereocenters. The SMILES string of the molecule is Cc1cnc(Nc2ccnn2C)nc1-c1cc2c(s1)CCN(C(C)C(=O)OC(C)(C)C)C2=O. The van der Waals surface area contributed by atoms with Crippen molar-refractivity contribution in [3.05, 3.63) is 40.5 Å². The Morgan fingerprint density at radius 1 is 1.33 bits per heavy atom. The normalized spacial score (nSPS) is 14.7. The summed E-state index contributed by atoms with van der Waals surface area (Å²) in [6.45, 7) is 9.60. The second kappa shape index (κ2) is 8.58. The molecule has 0 bridgehead atoms. The third kappa shape index (κ3) is 4.75. The molecule has 1 aliphatic rings. The van der Waals surface area contributed by atoms with Gasteiger partial charge in [-0.25, -0.2) is 14.8 Å². The zero-order valence-electron chi connectivity index (χ0n) is 19.7. The molecule has 0 saturated carbocycles. The maximum atomic E-state index is 13.2. The predicted molar refractivity (Wildman–Crippen MR) is 127 cm³/mol. The topological polar surface area (TPSA) is 102 Å². The Kier molecular flexibility index (Phi) is 5.96. The molecule has 0 aromatic carbocycles. The van der Waals surface area contributed by atoms with Crippen LogP contribution in [0.4, 0.5) is 11.8 Å². The number of nitrogens with zero attached hydrogens (tertiary/aromatic N) is 5. The molecule has 1 amide bonds. The summed E-state index contributed by atoms with van der Waals surface area (Å²) >= 11 is 1.56. The fourth-order valence-electron chi connectivity index (χ4n) is 3.64. The first-order valence-corrected chi connectivity index (χ1v) is 11.6. The van der Waals surface area contributed by atoms with Crippen LogP contribution in [0, 0.1) is 6.92 Å². The lowest BCUT2D eigenvalue weighted by Crippen LogP contribution is -2.48. The van der Waals surface area contributed by atoms with E-state index in [1.165, 1.54) is 0 Å². The van der Waals surface area contributed by atoms with E-state index in [0.717, 1.165) is 26.8 Å². The second-order valence-corrected chi connectivity index (χ2v) is 10.2. The van der Waals surface area contributed by atoms with Crippen LogP contribution in [0.25, 0.3) is 10.6 Å². The summed E-state index contributed by atoms with van der Waals surface area (Å²) in [5.41, 5.74) is 1.71. The van der Waals surface area contributed by atoms with Gasteiger partial charge in [0.15, 0.2) is 0 Å². The average molecular weight is 469 g/mol. The number of aromatic nitrogens is 4. The standard InChI is InChI=1S/C23H28N6O3S/c1-13-12-24-22(26-18-7-9-25-28(18)6)27-19(13)17-11-15-16(33-17)8-10-29(20(15)30)14(2)21(31)32-23(3,4)5/h7,9,11-12,14H,8,10H2,1-6H3,(H,24,26,27). The van der Waals surface area contributed by atoms with Crippen molar-refractivity contribution >= 4 is 35.0 Å². The van der Waals surface area contributed by atoms with E-state index < -0.39 is 17.6 Å². The van der Waals surface area contributed by atoms with Gasteiger partial charge in [0, 0.05) is 37.2 Å². The van der Waals surface area contributed by atoms with Crippen LogP contribution < -0.4 is 5.32 Å². The Morgan fingerprint density at radius 2 is 2.09 bits per heavy atom. The smallest absolute Gasteiger partial charge is 0.329 e. The summed E-state index contributed by atoms with van der Waals surface area (Å²) in [6.07, 6.45) is 4.14. The number of carbonyl (C=O) groups is 2. The van der Waals surface area contributed by atoms with Gasteiger partial charge in [-0.1, -0.05) is 0 Å². The molecule has 3 aromatic rings. The predicted octanol–water partition coefficient (Wildman–Crippen LogP) is 3.72. The van der Waals surface area contributed by atoms with Crippen molar-refractivity contribution in [3.8, 4) is 10.6 Å². The molecule has 0 spiro atoms. The largest absolute Gasteiger partial charge is 0.458 e. The number of carbonyl (C=O) groups excluding carboxylic acids is 2. The molecule has 33 heavy (non-hydrogen) atoms. The first-order valence-electron chi connectivity index (χ1n) is 10.8. The van der Waals surface area contributed by atoms with Crippen LogP contribution in [0.15, 0.2) is 24.5 Å². The van der Waals surface area contributed by atoms with Crippen LogP contribution in [0.1, 0.15) is 48.5 Å². The van der Waals surface area contributed by atoms with Gasteiger partial charge in [-0.3, -0.25) is 9.48 Å². The fourth-order valence-corrected chi connectivity index (χ4v) is 4.83. The molecule has 3 aromatic heterocycles. The van der Waals surface area contributed by atoms with Crippen LogP contribution in [0.2, 0.25) is 0 Å². The number of hydrogen-bond acceptors (Lipinski definition) is 8. The Bertz CT molecular complexity index is 1210. The van der Waals surface area contributed by atoms with Gasteiger partial charge in [-0.05, 0) is 46.2 Å². The zero-order valence-corrected chi connectivity index (χ0v) is 20.5.